The summed E-state index contributed by atoms with van der Waals surface area (Å²) in [6.07, 6.45) is -0.596. The summed E-state index contributed by atoms with van der Waals surface area (Å²) in [6.45, 7) is 3.74. The maximum absolute atomic E-state index is 12.4. The highest BCUT2D eigenvalue weighted by molar-refractivity contribution is 7.20. The highest BCUT2D eigenvalue weighted by atomic mass is 32.1. The molecule has 0 saturated heterocycles. The number of carbonyl (C=O) groups excluding carboxylic acids is 2. The van der Waals surface area contributed by atoms with Crippen molar-refractivity contribution < 1.29 is 19.1 Å². The zero-order valence-electron chi connectivity index (χ0n) is 16.1. The summed E-state index contributed by atoms with van der Waals surface area (Å²) in [5, 5.41) is 6.25. The van der Waals surface area contributed by atoms with Gasteiger partial charge in [-0.3, -0.25) is 10.1 Å². The lowest BCUT2D eigenvalue weighted by Gasteiger charge is -2.09. The van der Waals surface area contributed by atoms with Gasteiger partial charge in [0.25, 0.3) is 5.91 Å². The first-order valence-electron chi connectivity index (χ1n) is 9.05. The maximum atomic E-state index is 12.4. The van der Waals surface area contributed by atoms with Gasteiger partial charge in [0.2, 0.25) is 0 Å². The fourth-order valence-corrected chi connectivity index (χ4v) is 3.42. The predicted octanol–water partition coefficient (Wildman–Crippen LogP) is 4.70. The monoisotopic (exact) mass is 411 g/mol. The Morgan fingerprint density at radius 1 is 1.03 bits per heavy atom. The first-order valence-corrected chi connectivity index (χ1v) is 9.86. The Kier molecular flexibility index (Phi) is 6.80. The number of rotatable bonds is 7. The second kappa shape index (κ2) is 9.70. The van der Waals surface area contributed by atoms with Gasteiger partial charge in [-0.15, -0.1) is 0 Å². The van der Waals surface area contributed by atoms with E-state index in [1.807, 2.05) is 61.5 Å². The van der Waals surface area contributed by atoms with Gasteiger partial charge < -0.3 is 14.8 Å². The molecule has 1 aromatic heterocycles. The van der Waals surface area contributed by atoms with Crippen molar-refractivity contribution in [2.24, 2.45) is 0 Å². The third kappa shape index (κ3) is 5.55. The molecule has 150 valence electrons. The molecule has 3 aromatic rings. The van der Waals surface area contributed by atoms with Crippen LogP contribution in [0.3, 0.4) is 0 Å². The van der Waals surface area contributed by atoms with Gasteiger partial charge in [-0.1, -0.05) is 59.9 Å². The Morgan fingerprint density at radius 2 is 1.76 bits per heavy atom. The van der Waals surface area contributed by atoms with Crippen molar-refractivity contribution in [1.82, 2.24) is 4.98 Å². The summed E-state index contributed by atoms with van der Waals surface area (Å²) in [6, 6.07) is 16.9. The SMILES string of the molecule is CCOC(=O)Nc1nc(-c2ccccc2)c(NC(=O)COc2ccccc2C)s1. The number of nitrogens with one attached hydrogen (secondary N) is 2. The van der Waals surface area contributed by atoms with Crippen molar-refractivity contribution >= 4 is 33.5 Å². The molecule has 0 spiro atoms. The predicted molar refractivity (Wildman–Crippen MR) is 113 cm³/mol. The van der Waals surface area contributed by atoms with Gasteiger partial charge in [0, 0.05) is 5.56 Å². The van der Waals surface area contributed by atoms with E-state index < -0.39 is 6.09 Å². The smallest absolute Gasteiger partial charge is 0.413 e. The van der Waals surface area contributed by atoms with Crippen molar-refractivity contribution in [3.05, 3.63) is 60.2 Å². The molecule has 0 atom stereocenters. The van der Waals surface area contributed by atoms with Crippen LogP contribution in [0.2, 0.25) is 0 Å². The molecular weight excluding hydrogens is 390 g/mol. The average Bonchev–Trinajstić information content (AvgIpc) is 3.10. The summed E-state index contributed by atoms with van der Waals surface area (Å²) in [4.78, 5) is 28.6. The third-order valence-corrected chi connectivity index (χ3v) is 4.75. The van der Waals surface area contributed by atoms with E-state index in [0.29, 0.717) is 21.6 Å². The molecule has 0 aliphatic carbocycles. The number of aromatic nitrogens is 1. The van der Waals surface area contributed by atoms with Crippen LogP contribution in [0.15, 0.2) is 54.6 Å². The lowest BCUT2D eigenvalue weighted by atomic mass is 10.2. The summed E-state index contributed by atoms with van der Waals surface area (Å²) < 4.78 is 10.5. The molecule has 0 unspecified atom stereocenters. The van der Waals surface area contributed by atoms with Crippen LogP contribution in [0.5, 0.6) is 5.75 Å². The van der Waals surface area contributed by atoms with Crippen molar-refractivity contribution in [3.63, 3.8) is 0 Å². The number of thiazole rings is 1. The molecule has 0 saturated carbocycles. The van der Waals surface area contributed by atoms with Gasteiger partial charge in [-0.05, 0) is 25.5 Å². The van der Waals surface area contributed by atoms with E-state index in [4.69, 9.17) is 9.47 Å². The minimum absolute atomic E-state index is 0.141. The van der Waals surface area contributed by atoms with E-state index in [0.717, 1.165) is 22.5 Å². The molecule has 2 N–H and O–H groups in total. The standard InChI is InChI=1S/C21H21N3O4S/c1-3-27-21(26)24-20-23-18(15-10-5-4-6-11-15)19(29-20)22-17(25)13-28-16-12-8-7-9-14(16)2/h4-12H,3,13H2,1-2H3,(H,22,25)(H,23,24,26). The molecule has 1 heterocycles. The Hall–Kier alpha value is -3.39. The fourth-order valence-electron chi connectivity index (χ4n) is 2.53. The van der Waals surface area contributed by atoms with Crippen molar-refractivity contribution in [1.29, 1.82) is 0 Å². The van der Waals surface area contributed by atoms with Crippen molar-refractivity contribution in [2.45, 2.75) is 13.8 Å². The molecule has 0 aliphatic heterocycles. The Morgan fingerprint density at radius 3 is 2.48 bits per heavy atom. The molecule has 0 fully saturated rings. The van der Waals surface area contributed by atoms with E-state index in [2.05, 4.69) is 15.6 Å². The van der Waals surface area contributed by atoms with Gasteiger partial charge in [-0.2, -0.15) is 0 Å². The van der Waals surface area contributed by atoms with Crippen LogP contribution < -0.4 is 15.4 Å². The zero-order valence-corrected chi connectivity index (χ0v) is 16.9. The van der Waals surface area contributed by atoms with Crippen LogP contribution in [0.1, 0.15) is 12.5 Å². The number of ether oxygens (including phenoxy) is 2. The lowest BCUT2D eigenvalue weighted by Crippen LogP contribution is -2.20. The van der Waals surface area contributed by atoms with Crippen LogP contribution in [0.25, 0.3) is 11.3 Å². The third-order valence-electron chi connectivity index (χ3n) is 3.86. The molecule has 8 heteroatoms. The lowest BCUT2D eigenvalue weighted by molar-refractivity contribution is -0.118. The second-order valence-corrected chi connectivity index (χ2v) is 7.01. The number of para-hydroxylation sites is 1. The van der Waals surface area contributed by atoms with Crippen molar-refractivity contribution in [3.8, 4) is 17.0 Å². The number of hydrogen-bond donors (Lipinski definition) is 2. The molecule has 29 heavy (non-hydrogen) atoms. The minimum atomic E-state index is -0.596. The van der Waals surface area contributed by atoms with E-state index in [1.165, 1.54) is 0 Å². The summed E-state index contributed by atoms with van der Waals surface area (Å²) in [5.41, 5.74) is 2.33. The number of hydrogen-bond acceptors (Lipinski definition) is 6. The largest absolute Gasteiger partial charge is 0.483 e. The summed E-state index contributed by atoms with van der Waals surface area (Å²) in [7, 11) is 0. The Balaban J connectivity index is 1.75. The summed E-state index contributed by atoms with van der Waals surface area (Å²) in [5.74, 6) is 0.330. The van der Waals surface area contributed by atoms with Gasteiger partial charge in [0.15, 0.2) is 11.7 Å². The normalized spacial score (nSPS) is 10.3. The summed E-state index contributed by atoms with van der Waals surface area (Å²) >= 11 is 1.15. The minimum Gasteiger partial charge on any atom is -0.483 e. The number of benzene rings is 2. The second-order valence-electron chi connectivity index (χ2n) is 6.01. The van der Waals surface area contributed by atoms with E-state index in [9.17, 15) is 9.59 Å². The van der Waals surface area contributed by atoms with Gasteiger partial charge in [-0.25, -0.2) is 9.78 Å². The van der Waals surface area contributed by atoms with Crippen LogP contribution >= 0.6 is 11.3 Å². The number of anilines is 2. The van der Waals surface area contributed by atoms with Gasteiger partial charge in [0.1, 0.15) is 16.4 Å². The number of carbonyl (C=O) groups is 2. The quantitative estimate of drug-likeness (QED) is 0.588. The van der Waals surface area contributed by atoms with E-state index >= 15 is 0 Å². The molecule has 0 bridgehead atoms. The van der Waals surface area contributed by atoms with E-state index in [-0.39, 0.29) is 19.1 Å². The van der Waals surface area contributed by atoms with E-state index in [1.54, 1.807) is 6.92 Å². The number of nitrogens with zero attached hydrogens (tertiary/aromatic N) is 1. The number of amides is 2. The molecule has 7 nitrogen and oxygen atoms in total. The molecule has 3 rings (SSSR count). The average molecular weight is 411 g/mol. The number of aryl methyl sites for hydroxylation is 1. The van der Waals surface area contributed by atoms with Crippen LogP contribution in [-0.4, -0.2) is 30.2 Å². The van der Waals surface area contributed by atoms with Gasteiger partial charge >= 0.3 is 6.09 Å². The topological polar surface area (TPSA) is 89.5 Å². The Bertz CT molecular complexity index is 989. The van der Waals surface area contributed by atoms with Crippen LogP contribution in [0, 0.1) is 6.92 Å². The van der Waals surface area contributed by atoms with Gasteiger partial charge in [0.05, 0.1) is 6.61 Å². The zero-order chi connectivity index (χ0) is 20.6. The molecule has 2 amide bonds. The Labute approximate surface area is 172 Å². The molecule has 0 radical (unpaired) electrons. The first kappa shape index (κ1) is 20.3. The fraction of sp³-hybridized carbons (Fsp3) is 0.190. The first-order chi connectivity index (χ1) is 14.1. The highest BCUT2D eigenvalue weighted by Crippen LogP contribution is 2.36. The maximum Gasteiger partial charge on any atom is 0.413 e. The van der Waals surface area contributed by atoms with Crippen LogP contribution in [-0.2, 0) is 9.53 Å². The van der Waals surface area contributed by atoms with Crippen molar-refractivity contribution in [2.75, 3.05) is 23.8 Å². The molecular formula is C21H21N3O4S. The van der Waals surface area contributed by atoms with Crippen LogP contribution in [0.4, 0.5) is 14.9 Å². The molecule has 0 aliphatic rings. The highest BCUT2D eigenvalue weighted by Gasteiger charge is 2.17. The molecule has 2 aromatic carbocycles.